The molecule has 42 heavy (non-hydrogen) atoms. The molecular formula is C36H66O5S. The molecule has 2 aromatic carbocycles. The van der Waals surface area contributed by atoms with Gasteiger partial charge in [-0.25, -0.2) is 0 Å². The van der Waals surface area contributed by atoms with Crippen LogP contribution in [0.3, 0.4) is 0 Å². The zero-order chi connectivity index (χ0) is 32.8. The first-order valence-corrected chi connectivity index (χ1v) is 16.6. The van der Waals surface area contributed by atoms with Crippen molar-refractivity contribution >= 4 is 12.9 Å². The Labute approximate surface area is 265 Å². The van der Waals surface area contributed by atoms with Gasteiger partial charge in [0.15, 0.2) is 0 Å². The van der Waals surface area contributed by atoms with Crippen LogP contribution in [-0.2, 0) is 27.2 Å². The van der Waals surface area contributed by atoms with E-state index in [1.807, 2.05) is 39.8 Å². The molecule has 0 spiro atoms. The van der Waals surface area contributed by atoms with Crippen LogP contribution in [0.25, 0.3) is 0 Å². The van der Waals surface area contributed by atoms with Crippen molar-refractivity contribution in [3.8, 4) is 11.5 Å². The normalized spacial score (nSPS) is 10.1. The van der Waals surface area contributed by atoms with E-state index in [9.17, 15) is 10.2 Å². The molecule has 0 bridgehead atoms. The van der Waals surface area contributed by atoms with Gasteiger partial charge in [0, 0.05) is 25.7 Å². The number of aliphatic hydroxyl groups excluding tert-OH is 1. The molecule has 2 rings (SSSR count). The van der Waals surface area contributed by atoms with Gasteiger partial charge in [0.25, 0.3) is 0 Å². The van der Waals surface area contributed by atoms with Gasteiger partial charge in [-0.2, -0.15) is 0 Å². The molecule has 3 N–H and O–H groups in total. The van der Waals surface area contributed by atoms with Crippen molar-refractivity contribution < 1.29 is 24.2 Å². The van der Waals surface area contributed by atoms with Crippen LogP contribution in [-0.4, -0.2) is 42.3 Å². The van der Waals surface area contributed by atoms with Crippen molar-refractivity contribution in [1.29, 1.82) is 0 Å². The van der Waals surface area contributed by atoms with Crippen molar-refractivity contribution in [2.75, 3.05) is 26.9 Å². The Morgan fingerprint density at radius 2 is 1.05 bits per heavy atom. The van der Waals surface area contributed by atoms with Gasteiger partial charge in [0.1, 0.15) is 11.5 Å². The molecule has 0 saturated heterocycles. The maximum atomic E-state index is 10.4. The molecule has 0 heterocycles. The standard InChI is InChI=1S/C27H40O2.C3H8O.C2H6OS.C2H6O.C2H6/c1-5-9-12-21-19-23(14-16-25(21)28)27(8-4,18-11-7-3)24-15-17-26(29)22(20-24)13-10-6-2;1-3-4-2;1-2-3-4;1-2-3;1-2/h14-17,19-20,28-29H,5-13,18H2,1-4H3;3H2,1-2H3;4H,2H2,1H3;3H,2H2,1H3;1-2H3. The van der Waals surface area contributed by atoms with Crippen molar-refractivity contribution in [3.05, 3.63) is 58.7 Å². The number of phenols is 2. The topological polar surface area (TPSA) is 79.2 Å². The summed E-state index contributed by atoms with van der Waals surface area (Å²) < 4.78 is 8.78. The van der Waals surface area contributed by atoms with E-state index < -0.39 is 0 Å². The number of rotatable bonds is 14. The van der Waals surface area contributed by atoms with Gasteiger partial charge in [-0.15, -0.1) is 0 Å². The molecule has 2 aromatic rings. The summed E-state index contributed by atoms with van der Waals surface area (Å²) in [6.45, 7) is 20.2. The maximum absolute atomic E-state index is 10.4. The molecule has 246 valence electrons. The van der Waals surface area contributed by atoms with Crippen LogP contribution in [0, 0.1) is 0 Å². The first-order valence-electron chi connectivity index (χ1n) is 16.3. The Morgan fingerprint density at radius 1 is 0.690 bits per heavy atom. The van der Waals surface area contributed by atoms with E-state index in [1.165, 1.54) is 11.1 Å². The van der Waals surface area contributed by atoms with Crippen molar-refractivity contribution in [1.82, 2.24) is 0 Å². The molecular weight excluding hydrogens is 544 g/mol. The van der Waals surface area contributed by atoms with E-state index in [4.69, 9.17) is 5.11 Å². The lowest BCUT2D eigenvalue weighted by atomic mass is 9.68. The Kier molecular flexibility index (Phi) is 32.7. The number of benzene rings is 2. The second-order valence-electron chi connectivity index (χ2n) is 9.74. The zero-order valence-electron chi connectivity index (χ0n) is 28.8. The van der Waals surface area contributed by atoms with Crippen LogP contribution in [0.5, 0.6) is 11.5 Å². The lowest BCUT2D eigenvalue weighted by Gasteiger charge is -2.35. The number of unbranched alkanes of at least 4 members (excludes halogenated alkanes) is 3. The summed E-state index contributed by atoms with van der Waals surface area (Å²) in [5.41, 5.74) is 4.63. The number of aliphatic hydroxyl groups is 1. The molecule has 0 unspecified atom stereocenters. The second kappa shape index (κ2) is 30.7. The Bertz CT molecular complexity index is 791. The van der Waals surface area contributed by atoms with Gasteiger partial charge in [-0.1, -0.05) is 91.5 Å². The average Bonchev–Trinajstić information content (AvgIpc) is 3.03. The minimum atomic E-state index is -0.0840. The molecule has 0 saturated carbocycles. The average molecular weight is 611 g/mol. The Morgan fingerprint density at radius 3 is 1.31 bits per heavy atom. The lowest BCUT2D eigenvalue weighted by Crippen LogP contribution is -2.27. The number of thiol groups is 1. The number of hydrogen-bond acceptors (Lipinski definition) is 6. The molecule has 6 heteroatoms. The molecule has 0 aromatic heterocycles. The summed E-state index contributed by atoms with van der Waals surface area (Å²) in [5, 5.41) is 28.4. The number of methoxy groups -OCH3 is 1. The van der Waals surface area contributed by atoms with E-state index in [-0.39, 0.29) is 12.0 Å². The second-order valence-corrected chi connectivity index (χ2v) is 10.0. The highest BCUT2D eigenvalue weighted by Gasteiger charge is 2.33. The predicted octanol–water partition coefficient (Wildman–Crippen LogP) is 10.2. The van der Waals surface area contributed by atoms with Crippen LogP contribution in [0.2, 0.25) is 0 Å². The van der Waals surface area contributed by atoms with Crippen LogP contribution < -0.4 is 0 Å². The Balaban J connectivity index is -0.000000991. The highest BCUT2D eigenvalue weighted by Crippen LogP contribution is 2.43. The molecule has 0 aliphatic carbocycles. The van der Waals surface area contributed by atoms with E-state index in [0.717, 1.165) is 81.9 Å². The number of hydrogen-bond donors (Lipinski definition) is 4. The third-order valence-corrected chi connectivity index (χ3v) is 7.10. The molecule has 0 amide bonds. The van der Waals surface area contributed by atoms with Crippen molar-refractivity contribution in [2.45, 2.75) is 132 Å². The maximum Gasteiger partial charge on any atom is 0.118 e. The minimum Gasteiger partial charge on any atom is -0.508 e. The van der Waals surface area contributed by atoms with Gasteiger partial charge in [-0.05, 0) is 107 Å². The SMILES string of the molecule is CC.CCCCc1cc(C(CC)(CCCC)c2ccc(O)c(CCCC)c2)ccc1O.CCO.CCOC.CCOS. The van der Waals surface area contributed by atoms with E-state index in [0.29, 0.717) is 18.1 Å². The number of phenolic OH excluding ortho intramolecular Hbond substituents is 2. The molecule has 0 atom stereocenters. The van der Waals surface area contributed by atoms with E-state index in [1.54, 1.807) is 14.0 Å². The molecule has 5 nitrogen and oxygen atoms in total. The van der Waals surface area contributed by atoms with Crippen molar-refractivity contribution in [2.24, 2.45) is 0 Å². The lowest BCUT2D eigenvalue weighted by molar-refractivity contribution is 0.215. The Hall–Kier alpha value is -1.73. The van der Waals surface area contributed by atoms with Gasteiger partial charge < -0.3 is 24.2 Å². The van der Waals surface area contributed by atoms with Crippen molar-refractivity contribution in [3.63, 3.8) is 0 Å². The smallest absolute Gasteiger partial charge is 0.118 e. The summed E-state index contributed by atoms with van der Waals surface area (Å²) in [6.07, 6.45) is 10.7. The van der Waals surface area contributed by atoms with Gasteiger partial charge in [0.05, 0.1) is 6.61 Å². The minimum absolute atomic E-state index is 0.0840. The first kappa shape index (κ1) is 44.7. The molecule has 0 fully saturated rings. The first-order chi connectivity index (χ1) is 20.3. The fourth-order valence-corrected chi connectivity index (χ4v) is 4.42. The summed E-state index contributed by atoms with van der Waals surface area (Å²) >= 11 is 3.42. The fourth-order valence-electron chi connectivity index (χ4n) is 4.42. The summed E-state index contributed by atoms with van der Waals surface area (Å²) in [5.74, 6) is 0.828. The third-order valence-electron chi connectivity index (χ3n) is 6.84. The monoisotopic (exact) mass is 610 g/mol. The summed E-state index contributed by atoms with van der Waals surface area (Å²) in [4.78, 5) is 0. The van der Waals surface area contributed by atoms with Gasteiger partial charge in [-0.3, -0.25) is 0 Å². The fraction of sp³-hybridized carbons (Fsp3) is 0.667. The van der Waals surface area contributed by atoms with Crippen LogP contribution >= 0.6 is 12.9 Å². The van der Waals surface area contributed by atoms with Gasteiger partial charge >= 0.3 is 0 Å². The quantitative estimate of drug-likeness (QED) is 0.126. The predicted molar refractivity (Wildman–Crippen MR) is 186 cm³/mol. The molecule has 0 radical (unpaired) electrons. The van der Waals surface area contributed by atoms with Gasteiger partial charge in [0.2, 0.25) is 0 Å². The van der Waals surface area contributed by atoms with Crippen LogP contribution in [0.15, 0.2) is 36.4 Å². The molecule has 0 aliphatic rings. The number of ether oxygens (including phenoxy) is 1. The zero-order valence-corrected chi connectivity index (χ0v) is 29.7. The highest BCUT2D eigenvalue weighted by atomic mass is 32.1. The van der Waals surface area contributed by atoms with Crippen LogP contribution in [0.4, 0.5) is 0 Å². The molecule has 0 aliphatic heterocycles. The largest absolute Gasteiger partial charge is 0.508 e. The summed E-state index contributed by atoms with van der Waals surface area (Å²) in [6, 6.07) is 12.5. The number of aryl methyl sites for hydroxylation is 2. The highest BCUT2D eigenvalue weighted by molar-refractivity contribution is 7.75. The van der Waals surface area contributed by atoms with E-state index >= 15 is 0 Å². The summed E-state index contributed by atoms with van der Waals surface area (Å²) in [7, 11) is 1.68. The third kappa shape index (κ3) is 18.0. The number of aromatic hydroxyl groups is 2. The van der Waals surface area contributed by atoms with Crippen LogP contribution in [0.1, 0.15) is 136 Å². The van der Waals surface area contributed by atoms with E-state index in [2.05, 4.69) is 73.8 Å².